The highest BCUT2D eigenvalue weighted by Crippen LogP contribution is 2.36. The van der Waals surface area contributed by atoms with E-state index in [-0.39, 0.29) is 23.4 Å². The Bertz CT molecular complexity index is 820. The normalized spacial score (nSPS) is 20.6. The maximum absolute atomic E-state index is 12.2. The van der Waals surface area contributed by atoms with Crippen molar-refractivity contribution in [3.05, 3.63) is 51.9 Å². The summed E-state index contributed by atoms with van der Waals surface area (Å²) in [5.41, 5.74) is 1.88. The fourth-order valence-electron chi connectivity index (χ4n) is 3.77. The fourth-order valence-corrected chi connectivity index (χ4v) is 3.77. The van der Waals surface area contributed by atoms with Crippen LogP contribution in [0.1, 0.15) is 30.0 Å². The third kappa shape index (κ3) is 4.87. The summed E-state index contributed by atoms with van der Waals surface area (Å²) in [5.74, 6) is 1.77. The van der Waals surface area contributed by atoms with Gasteiger partial charge in [0.05, 0.1) is 12.8 Å². The largest absolute Gasteiger partial charge is 0.497 e. The second-order valence-corrected chi connectivity index (χ2v) is 7.47. The van der Waals surface area contributed by atoms with Crippen molar-refractivity contribution in [3.8, 4) is 5.75 Å². The zero-order valence-corrected chi connectivity index (χ0v) is 16.5. The molecule has 1 aromatic heterocycles. The standard InChI is InChI=1S/C20H29N5O2/c1-13(12-25(2)3)22-20-23-18(9-19(26)24-20)17-11-21-10-16(17)14-6-5-7-15(8-14)27-4/h5-9,13,16-17,21H,10-12H2,1-4H3,(H2,22,23,24,26)/t13-,16-,17+/m0/s1. The number of aromatic nitrogens is 2. The summed E-state index contributed by atoms with van der Waals surface area (Å²) in [4.78, 5) is 21.9. The molecule has 1 aromatic carbocycles. The van der Waals surface area contributed by atoms with Crippen LogP contribution in [-0.4, -0.2) is 61.7 Å². The number of nitrogens with zero attached hydrogens (tertiary/aromatic N) is 2. The molecule has 7 heteroatoms. The second kappa shape index (κ2) is 8.54. The van der Waals surface area contributed by atoms with Gasteiger partial charge in [-0.3, -0.25) is 9.78 Å². The molecule has 0 bridgehead atoms. The quantitative estimate of drug-likeness (QED) is 0.686. The second-order valence-electron chi connectivity index (χ2n) is 7.47. The molecule has 0 amide bonds. The van der Waals surface area contributed by atoms with Gasteiger partial charge in [-0.1, -0.05) is 12.1 Å². The number of likely N-dealkylation sites (N-methyl/N-ethyl adjacent to an activating group) is 1. The Balaban J connectivity index is 1.85. The van der Waals surface area contributed by atoms with Crippen molar-refractivity contribution in [1.82, 2.24) is 20.2 Å². The molecular formula is C20H29N5O2. The predicted molar refractivity (Wildman–Crippen MR) is 108 cm³/mol. The first-order chi connectivity index (χ1) is 13.0. The molecule has 1 aliphatic rings. The Morgan fingerprint density at radius 1 is 1.30 bits per heavy atom. The van der Waals surface area contributed by atoms with E-state index < -0.39 is 0 Å². The van der Waals surface area contributed by atoms with Crippen molar-refractivity contribution in [3.63, 3.8) is 0 Å². The van der Waals surface area contributed by atoms with Crippen LogP contribution >= 0.6 is 0 Å². The third-order valence-corrected chi connectivity index (χ3v) is 4.90. The van der Waals surface area contributed by atoms with E-state index in [0.717, 1.165) is 31.1 Å². The first-order valence-electron chi connectivity index (χ1n) is 9.33. The van der Waals surface area contributed by atoms with Crippen molar-refractivity contribution in [2.24, 2.45) is 0 Å². The number of aromatic amines is 1. The maximum atomic E-state index is 12.2. The van der Waals surface area contributed by atoms with Crippen molar-refractivity contribution in [2.45, 2.75) is 24.8 Å². The average Bonchev–Trinajstić information content (AvgIpc) is 3.10. The van der Waals surface area contributed by atoms with Gasteiger partial charge in [0.15, 0.2) is 0 Å². The first-order valence-corrected chi connectivity index (χ1v) is 9.33. The van der Waals surface area contributed by atoms with Gasteiger partial charge < -0.3 is 20.3 Å². The molecule has 3 N–H and O–H groups in total. The highest BCUT2D eigenvalue weighted by molar-refractivity contribution is 5.36. The van der Waals surface area contributed by atoms with E-state index in [1.807, 2.05) is 26.2 Å². The maximum Gasteiger partial charge on any atom is 0.252 e. The minimum absolute atomic E-state index is 0.129. The summed E-state index contributed by atoms with van der Waals surface area (Å²) in [5, 5.41) is 6.74. The Labute approximate surface area is 160 Å². The molecule has 0 radical (unpaired) electrons. The smallest absolute Gasteiger partial charge is 0.252 e. The van der Waals surface area contributed by atoms with Gasteiger partial charge in [-0.2, -0.15) is 0 Å². The van der Waals surface area contributed by atoms with Gasteiger partial charge in [0.1, 0.15) is 5.75 Å². The van der Waals surface area contributed by atoms with Crippen molar-refractivity contribution in [2.75, 3.05) is 46.2 Å². The van der Waals surface area contributed by atoms with Gasteiger partial charge >= 0.3 is 0 Å². The van der Waals surface area contributed by atoms with Gasteiger partial charge in [0.25, 0.3) is 5.56 Å². The highest BCUT2D eigenvalue weighted by Gasteiger charge is 2.31. The number of ether oxygens (including phenoxy) is 1. The summed E-state index contributed by atoms with van der Waals surface area (Å²) in [6.07, 6.45) is 0. The number of nitrogens with one attached hydrogen (secondary N) is 3. The molecule has 2 heterocycles. The molecule has 7 nitrogen and oxygen atoms in total. The van der Waals surface area contributed by atoms with Crippen LogP contribution in [0, 0.1) is 0 Å². The zero-order chi connectivity index (χ0) is 19.4. The van der Waals surface area contributed by atoms with E-state index in [4.69, 9.17) is 9.72 Å². The minimum atomic E-state index is -0.129. The number of methoxy groups -OCH3 is 1. The first kappa shape index (κ1) is 19.4. The van der Waals surface area contributed by atoms with Crippen LogP contribution < -0.4 is 20.9 Å². The van der Waals surface area contributed by atoms with Gasteiger partial charge in [-0.05, 0) is 38.7 Å². The number of H-pyrrole nitrogens is 1. The Hall–Kier alpha value is -2.38. The zero-order valence-electron chi connectivity index (χ0n) is 16.5. The van der Waals surface area contributed by atoms with E-state index in [1.165, 1.54) is 5.56 Å². The van der Waals surface area contributed by atoms with Gasteiger partial charge in [0, 0.05) is 43.6 Å². The summed E-state index contributed by atoms with van der Waals surface area (Å²) in [7, 11) is 5.72. The number of rotatable bonds is 7. The molecular weight excluding hydrogens is 342 g/mol. The topological polar surface area (TPSA) is 82.3 Å². The Morgan fingerprint density at radius 3 is 2.81 bits per heavy atom. The third-order valence-electron chi connectivity index (χ3n) is 4.90. The summed E-state index contributed by atoms with van der Waals surface area (Å²) >= 11 is 0. The molecule has 146 valence electrons. The van der Waals surface area contributed by atoms with Gasteiger partial charge in [-0.25, -0.2) is 4.98 Å². The molecule has 1 saturated heterocycles. The van der Waals surface area contributed by atoms with Crippen LogP contribution in [-0.2, 0) is 0 Å². The van der Waals surface area contributed by atoms with E-state index >= 15 is 0 Å². The molecule has 1 fully saturated rings. The fraction of sp³-hybridized carbons (Fsp3) is 0.500. The van der Waals surface area contributed by atoms with E-state index in [1.54, 1.807) is 13.2 Å². The molecule has 0 unspecified atom stereocenters. The summed E-state index contributed by atoms with van der Waals surface area (Å²) < 4.78 is 5.36. The van der Waals surface area contributed by atoms with Crippen LogP contribution in [0.2, 0.25) is 0 Å². The lowest BCUT2D eigenvalue weighted by molar-refractivity contribution is 0.391. The molecule has 0 saturated carbocycles. The Morgan fingerprint density at radius 2 is 2.07 bits per heavy atom. The van der Waals surface area contributed by atoms with Crippen molar-refractivity contribution >= 4 is 5.95 Å². The summed E-state index contributed by atoms with van der Waals surface area (Å²) in [6.45, 7) is 4.57. The van der Waals surface area contributed by atoms with Crippen LogP contribution in [0.15, 0.2) is 35.1 Å². The molecule has 0 aliphatic carbocycles. The number of hydrogen-bond acceptors (Lipinski definition) is 6. The number of benzene rings is 1. The van der Waals surface area contributed by atoms with E-state index in [0.29, 0.717) is 5.95 Å². The minimum Gasteiger partial charge on any atom is -0.497 e. The van der Waals surface area contributed by atoms with Crippen LogP contribution in [0.3, 0.4) is 0 Å². The molecule has 3 atom stereocenters. The van der Waals surface area contributed by atoms with Crippen molar-refractivity contribution in [1.29, 1.82) is 0 Å². The SMILES string of the molecule is COc1cccc([C@@H]2CNC[C@H]2c2cc(=O)[nH]c(N[C@@H](C)CN(C)C)n2)c1. The Kier molecular flexibility index (Phi) is 6.13. The summed E-state index contributed by atoms with van der Waals surface area (Å²) in [6, 6.07) is 9.92. The van der Waals surface area contributed by atoms with Crippen LogP contribution in [0.5, 0.6) is 5.75 Å². The van der Waals surface area contributed by atoms with Crippen LogP contribution in [0.25, 0.3) is 0 Å². The van der Waals surface area contributed by atoms with Crippen molar-refractivity contribution < 1.29 is 4.74 Å². The van der Waals surface area contributed by atoms with E-state index in [2.05, 4.69) is 39.6 Å². The molecule has 0 spiro atoms. The van der Waals surface area contributed by atoms with Crippen LogP contribution in [0.4, 0.5) is 5.95 Å². The predicted octanol–water partition coefficient (Wildman–Crippen LogP) is 1.61. The lowest BCUT2D eigenvalue weighted by Gasteiger charge is -2.21. The number of hydrogen-bond donors (Lipinski definition) is 3. The van der Waals surface area contributed by atoms with Gasteiger partial charge in [-0.15, -0.1) is 0 Å². The monoisotopic (exact) mass is 371 g/mol. The van der Waals surface area contributed by atoms with Gasteiger partial charge in [0.2, 0.25) is 5.95 Å². The number of anilines is 1. The lowest BCUT2D eigenvalue weighted by atomic mass is 9.86. The molecule has 3 rings (SSSR count). The average molecular weight is 371 g/mol. The lowest BCUT2D eigenvalue weighted by Crippen LogP contribution is -2.31. The van der Waals surface area contributed by atoms with E-state index in [9.17, 15) is 4.79 Å². The highest BCUT2D eigenvalue weighted by atomic mass is 16.5. The molecule has 2 aromatic rings. The molecule has 27 heavy (non-hydrogen) atoms. The molecule has 1 aliphatic heterocycles.